The summed E-state index contributed by atoms with van der Waals surface area (Å²) in [5.41, 5.74) is 0. The first kappa shape index (κ1) is 8.50. The van der Waals surface area contributed by atoms with Crippen LogP contribution in [0, 0.1) is 0 Å². The van der Waals surface area contributed by atoms with Crippen LogP contribution in [0.5, 0.6) is 0 Å². The number of nitrogens with one attached hydrogen (secondary N) is 1. The Hall–Kier alpha value is 0.400. The van der Waals surface area contributed by atoms with Gasteiger partial charge in [-0.2, -0.15) is 9.06 Å². The summed E-state index contributed by atoms with van der Waals surface area (Å²) in [5, 5.41) is 3.29. The average molecular weight is 177 g/mol. The number of rotatable bonds is 1. The van der Waals surface area contributed by atoms with E-state index in [1.807, 2.05) is 0 Å². The Bertz CT molecular complexity index is 146. The van der Waals surface area contributed by atoms with E-state index in [4.69, 9.17) is 0 Å². The van der Waals surface area contributed by atoms with Crippen molar-refractivity contribution in [2.75, 3.05) is 25.6 Å². The molecule has 0 aromatic carbocycles. The fraction of sp³-hybridized carbons (Fsp3) is 0.714. The minimum atomic E-state index is -0.710. The van der Waals surface area contributed by atoms with Crippen LogP contribution in [-0.4, -0.2) is 25.6 Å². The summed E-state index contributed by atoms with van der Waals surface area (Å²) in [6.45, 7) is 2.16. The minimum absolute atomic E-state index is 0.710. The Morgan fingerprint density at radius 3 is 2.60 bits per heavy atom. The molecule has 0 atom stereocenters. The number of hydrogen-bond donors (Lipinski definition) is 2. The molecule has 0 saturated carbocycles. The Morgan fingerprint density at radius 2 is 2.30 bits per heavy atom. The van der Waals surface area contributed by atoms with Crippen LogP contribution < -0.4 is 5.32 Å². The molecule has 1 aliphatic rings. The maximum absolute atomic E-state index is 4.58. The van der Waals surface area contributed by atoms with Gasteiger partial charge in [-0.1, -0.05) is 6.08 Å². The van der Waals surface area contributed by atoms with Gasteiger partial charge in [-0.05, 0) is 30.4 Å². The highest BCUT2D eigenvalue weighted by atomic mass is 33.1. The summed E-state index contributed by atoms with van der Waals surface area (Å²) in [5.74, 6) is 0. The van der Waals surface area contributed by atoms with Crippen molar-refractivity contribution >= 4 is 20.7 Å². The van der Waals surface area contributed by atoms with Gasteiger partial charge in [0, 0.05) is 6.54 Å². The van der Waals surface area contributed by atoms with Gasteiger partial charge in [0.1, 0.15) is 0 Å². The van der Waals surface area contributed by atoms with E-state index < -0.39 is 9.06 Å². The highest BCUT2D eigenvalue weighted by Crippen LogP contribution is 2.54. The summed E-state index contributed by atoms with van der Waals surface area (Å²) in [7, 11) is -0.710. The lowest BCUT2D eigenvalue weighted by molar-refractivity contribution is 0.722. The smallest absolute Gasteiger partial charge is 0.0145 e. The summed E-state index contributed by atoms with van der Waals surface area (Å²) in [6.07, 6.45) is 7.93. The molecule has 1 N–H and O–H groups in total. The van der Waals surface area contributed by atoms with Crippen LogP contribution >= 0.6 is 20.7 Å². The molecule has 0 bridgehead atoms. The molecule has 1 aliphatic heterocycles. The van der Waals surface area contributed by atoms with Crippen molar-refractivity contribution in [2.45, 2.75) is 6.42 Å². The van der Waals surface area contributed by atoms with Crippen molar-refractivity contribution in [3.8, 4) is 0 Å². The molecule has 1 nitrogen and oxygen atoms in total. The highest BCUT2D eigenvalue weighted by Gasteiger charge is 2.13. The predicted molar refractivity (Wildman–Crippen MR) is 54.0 cm³/mol. The van der Waals surface area contributed by atoms with Crippen LogP contribution in [-0.2, 0) is 0 Å². The van der Waals surface area contributed by atoms with Crippen LogP contribution in [0.4, 0.5) is 0 Å². The van der Waals surface area contributed by atoms with E-state index in [-0.39, 0.29) is 0 Å². The molecule has 0 aromatic rings. The Balaban J connectivity index is 2.62. The van der Waals surface area contributed by atoms with Crippen LogP contribution in [0.1, 0.15) is 6.42 Å². The van der Waals surface area contributed by atoms with Crippen molar-refractivity contribution in [1.82, 2.24) is 5.32 Å². The molecule has 0 spiro atoms. The molecule has 0 amide bonds. The Morgan fingerprint density at radius 1 is 1.60 bits per heavy atom. The molecule has 1 heterocycles. The second-order valence-corrected chi connectivity index (χ2v) is 8.71. The molecule has 3 heteroatoms. The van der Waals surface area contributed by atoms with E-state index in [0.29, 0.717) is 0 Å². The zero-order valence-corrected chi connectivity index (χ0v) is 8.27. The molecule has 10 heavy (non-hydrogen) atoms. The van der Waals surface area contributed by atoms with Crippen LogP contribution in [0.2, 0.25) is 0 Å². The fourth-order valence-corrected chi connectivity index (χ4v) is 2.65. The van der Waals surface area contributed by atoms with Crippen molar-refractivity contribution in [1.29, 1.82) is 0 Å². The van der Waals surface area contributed by atoms with Gasteiger partial charge >= 0.3 is 0 Å². The lowest BCUT2D eigenvalue weighted by Gasteiger charge is -2.30. The molecule has 0 aromatic heterocycles. The molecule has 60 valence electrons. The zero-order chi connectivity index (χ0) is 7.61. The van der Waals surface area contributed by atoms with Crippen molar-refractivity contribution in [3.05, 3.63) is 11.0 Å². The quantitative estimate of drug-likeness (QED) is 0.459. The first-order chi connectivity index (χ1) is 4.61. The molecule has 0 fully saturated rings. The van der Waals surface area contributed by atoms with E-state index in [2.05, 4.69) is 35.6 Å². The molecule has 0 saturated heterocycles. The van der Waals surface area contributed by atoms with Gasteiger partial charge in [0.15, 0.2) is 0 Å². The van der Waals surface area contributed by atoms with E-state index >= 15 is 0 Å². The van der Waals surface area contributed by atoms with Crippen molar-refractivity contribution in [2.24, 2.45) is 0 Å². The maximum atomic E-state index is 4.58. The van der Waals surface area contributed by atoms with Gasteiger partial charge in [0.25, 0.3) is 0 Å². The van der Waals surface area contributed by atoms with E-state index in [0.717, 1.165) is 13.1 Å². The third kappa shape index (κ3) is 2.22. The molecule has 0 aliphatic carbocycles. The second kappa shape index (κ2) is 3.20. The summed E-state index contributed by atoms with van der Waals surface area (Å²) < 4.78 is 0. The van der Waals surface area contributed by atoms with Crippen molar-refractivity contribution in [3.63, 3.8) is 0 Å². The first-order valence-corrected chi connectivity index (χ1v) is 6.96. The summed E-state index contributed by atoms with van der Waals surface area (Å²) in [4.78, 5) is 1.55. The third-order valence-electron chi connectivity index (χ3n) is 1.66. The summed E-state index contributed by atoms with van der Waals surface area (Å²) in [6, 6.07) is 0. The third-order valence-corrected chi connectivity index (χ3v) is 4.02. The highest BCUT2D eigenvalue weighted by molar-refractivity contribution is 8.89. The topological polar surface area (TPSA) is 12.0 Å². The SMILES string of the molecule is CS(C)(S)C1=CCNCC1. The molecular formula is C7H15NS2. The molecule has 1 rings (SSSR count). The largest absolute Gasteiger partial charge is 0.313 e. The fourth-order valence-electron chi connectivity index (χ4n) is 1.06. The molecule has 0 unspecified atom stereocenters. The van der Waals surface area contributed by atoms with Gasteiger partial charge in [0.2, 0.25) is 0 Å². The van der Waals surface area contributed by atoms with Crippen molar-refractivity contribution < 1.29 is 0 Å². The van der Waals surface area contributed by atoms with Gasteiger partial charge in [-0.25, -0.2) is 0 Å². The van der Waals surface area contributed by atoms with E-state index in [1.165, 1.54) is 6.42 Å². The number of thiol groups is 1. The Labute approximate surface area is 69.4 Å². The molecule has 0 radical (unpaired) electrons. The summed E-state index contributed by atoms with van der Waals surface area (Å²) >= 11 is 4.58. The van der Waals surface area contributed by atoms with Crippen LogP contribution in [0.15, 0.2) is 11.0 Å². The van der Waals surface area contributed by atoms with E-state index in [9.17, 15) is 0 Å². The maximum Gasteiger partial charge on any atom is 0.0145 e. The standard InChI is InChI=1S/C7H15NS2/c1-10(2,9)7-3-5-8-6-4-7/h3,8-9H,4-6H2,1-2H3. The predicted octanol–water partition coefficient (Wildman–Crippen LogP) is 1.77. The second-order valence-electron chi connectivity index (χ2n) is 2.90. The van der Waals surface area contributed by atoms with Crippen LogP contribution in [0.25, 0.3) is 0 Å². The van der Waals surface area contributed by atoms with Gasteiger partial charge < -0.3 is 5.32 Å². The van der Waals surface area contributed by atoms with E-state index in [1.54, 1.807) is 4.91 Å². The first-order valence-electron chi connectivity index (χ1n) is 3.46. The zero-order valence-electron chi connectivity index (χ0n) is 6.55. The molecular weight excluding hydrogens is 162 g/mol. The normalized spacial score (nSPS) is 22.1. The van der Waals surface area contributed by atoms with Crippen LogP contribution in [0.3, 0.4) is 0 Å². The average Bonchev–Trinajstić information content (AvgIpc) is 1.88. The monoisotopic (exact) mass is 177 g/mol. The van der Waals surface area contributed by atoms with Gasteiger partial charge in [-0.3, -0.25) is 0 Å². The van der Waals surface area contributed by atoms with Gasteiger partial charge in [-0.15, -0.1) is 11.7 Å². The minimum Gasteiger partial charge on any atom is -0.313 e. The lowest BCUT2D eigenvalue weighted by atomic mass is 10.3. The Kier molecular flexibility index (Phi) is 2.72. The number of hydrogen-bond acceptors (Lipinski definition) is 2. The van der Waals surface area contributed by atoms with Gasteiger partial charge in [0.05, 0.1) is 0 Å². The lowest BCUT2D eigenvalue weighted by Crippen LogP contribution is -2.21.